The van der Waals surface area contributed by atoms with Crippen LogP contribution in [-0.2, 0) is 54.4 Å². The summed E-state index contributed by atoms with van der Waals surface area (Å²) < 4.78 is 0. The summed E-state index contributed by atoms with van der Waals surface area (Å²) in [5, 5.41) is 34.0. The van der Waals surface area contributed by atoms with Crippen molar-refractivity contribution in [3.63, 3.8) is 0 Å². The Morgan fingerprint density at radius 3 is 0.951 bits per heavy atom. The number of hydrogen-bond acceptors (Lipinski definition) is 15. The average molecular weight is 1160 g/mol. The Balaban J connectivity index is 3.36. The van der Waals surface area contributed by atoms with Gasteiger partial charge in [0.15, 0.2) is 0 Å². The van der Waals surface area contributed by atoms with E-state index in [4.69, 9.17) is 28.7 Å². The van der Waals surface area contributed by atoms with Gasteiger partial charge in [-0.25, -0.2) is 4.79 Å². The van der Waals surface area contributed by atoms with Gasteiger partial charge in [-0.1, -0.05) is 71.9 Å². The van der Waals surface area contributed by atoms with Crippen molar-refractivity contribution in [1.29, 1.82) is 0 Å². The molecule has 0 heterocycles. The number of aliphatic carboxylic acids is 1. The molecule has 0 unspecified atom stereocenters. The molecule has 0 aliphatic carbocycles. The van der Waals surface area contributed by atoms with Crippen LogP contribution in [0.1, 0.15) is 157 Å². The highest BCUT2D eigenvalue weighted by Gasteiger charge is 2.35. The lowest BCUT2D eigenvalue weighted by atomic mass is 9.99. The van der Waals surface area contributed by atoms with Crippen LogP contribution < -0.4 is 76.5 Å². The maximum atomic E-state index is 14.2. The quantitative estimate of drug-likeness (QED) is 0.0373. The van der Waals surface area contributed by atoms with Gasteiger partial charge in [-0.3, -0.25) is 43.2 Å². The monoisotopic (exact) mass is 1160 g/mol. The number of unbranched alkanes of at least 4 members (excludes halogenated alkanes) is 4. The molecule has 0 saturated heterocycles. The molecule has 1 rings (SSSR count). The smallest absolute Gasteiger partial charge is 0.326 e. The van der Waals surface area contributed by atoms with E-state index >= 15 is 0 Å². The van der Waals surface area contributed by atoms with Crippen LogP contribution in [0.4, 0.5) is 0 Å². The second kappa shape index (κ2) is 40.8. The van der Waals surface area contributed by atoms with Crippen molar-refractivity contribution in [1.82, 2.24) is 47.9 Å². The number of nitrogens with one attached hydrogen (secondary N) is 9. The van der Waals surface area contributed by atoms with Gasteiger partial charge in [-0.15, -0.1) is 0 Å². The molecule has 0 bridgehead atoms. The molecule has 1 aromatic carbocycles. The first-order chi connectivity index (χ1) is 38.8. The molecule has 0 aromatic heterocycles. The molecular formula is C57H102N14O11. The molecule has 25 heteroatoms. The zero-order chi connectivity index (χ0) is 61.9. The van der Waals surface area contributed by atoms with E-state index in [1.807, 2.05) is 71.9 Å². The maximum Gasteiger partial charge on any atom is 0.326 e. The van der Waals surface area contributed by atoms with Crippen LogP contribution in [0, 0.1) is 17.8 Å². The molecule has 0 radical (unpaired) electrons. The highest BCUT2D eigenvalue weighted by Crippen LogP contribution is 2.14. The summed E-state index contributed by atoms with van der Waals surface area (Å²) >= 11 is 0. The van der Waals surface area contributed by atoms with Crippen LogP contribution in [0.5, 0.6) is 0 Å². The number of rotatable bonds is 43. The number of carboxylic acid groups (broad SMARTS) is 1. The largest absolute Gasteiger partial charge is 0.480 e. The first-order valence-electron chi connectivity index (χ1n) is 29.3. The van der Waals surface area contributed by atoms with Crippen LogP contribution in [0.3, 0.4) is 0 Å². The van der Waals surface area contributed by atoms with Gasteiger partial charge >= 0.3 is 5.97 Å². The summed E-state index contributed by atoms with van der Waals surface area (Å²) in [6.45, 7) is 15.0. The maximum absolute atomic E-state index is 14.2. The van der Waals surface area contributed by atoms with E-state index in [2.05, 4.69) is 47.9 Å². The van der Waals surface area contributed by atoms with Crippen LogP contribution in [-0.4, -0.2) is 151 Å². The molecular weight excluding hydrogens is 1060 g/mol. The lowest BCUT2D eigenvalue weighted by Crippen LogP contribution is -2.60. The van der Waals surface area contributed by atoms with E-state index in [1.165, 1.54) is 13.8 Å². The van der Waals surface area contributed by atoms with E-state index in [0.29, 0.717) is 71.0 Å². The Morgan fingerprint density at radius 1 is 0.366 bits per heavy atom. The minimum absolute atomic E-state index is 0.0509. The predicted molar refractivity (Wildman–Crippen MR) is 314 cm³/mol. The molecule has 25 nitrogen and oxygen atoms in total. The zero-order valence-electron chi connectivity index (χ0n) is 50.0. The third-order valence-corrected chi connectivity index (χ3v) is 13.5. The number of benzene rings is 1. The van der Waals surface area contributed by atoms with E-state index in [-0.39, 0.29) is 75.7 Å². The van der Waals surface area contributed by atoms with Gasteiger partial charge in [0.1, 0.15) is 54.4 Å². The Bertz CT molecular complexity index is 2140. The number of amides is 9. The Kier molecular flexibility index (Phi) is 36.7. The Labute approximate surface area is 485 Å². The van der Waals surface area contributed by atoms with Crippen LogP contribution >= 0.6 is 0 Å². The standard InChI is InChI=1S/C57H102N14O11/c1-34(2)30-45(69-53(77)43(24-14-18-28-60)67-51(75)41(22-12-16-26-58)65-48(72)37(7)63-50(74)40(62)33-39-20-10-9-11-21-39)55(79)64-38(8)49(73)66-42(23-13-17-27-59)52(76)68-44(25-15-19-29-61)54(78)70-46(31-35(3)4)56(80)71-47(57(81)82)32-36(5)6/h9-11,20-21,34-38,40-47H,12-19,22-33,58-62H2,1-8H3,(H,63,74)(H,64,79)(H,65,72)(H,66,73)(H,67,75)(H,68,76)(H,69,77)(H,70,78)(H,71,80)(H,81,82)/t37-,38-,40-,41-,42-,43-,44-,45-,46-,47-/m0/s1. The van der Waals surface area contributed by atoms with Crippen molar-refractivity contribution in [2.45, 2.75) is 219 Å². The molecule has 10 atom stereocenters. The molecule has 0 aliphatic rings. The first kappa shape index (κ1) is 73.7. The Morgan fingerprint density at radius 2 is 0.634 bits per heavy atom. The third-order valence-electron chi connectivity index (χ3n) is 13.5. The molecule has 0 saturated carbocycles. The van der Waals surface area contributed by atoms with E-state index in [1.54, 1.807) is 0 Å². The minimum atomic E-state index is -1.27. The second-order valence-electron chi connectivity index (χ2n) is 22.5. The Hall–Kier alpha value is -6.28. The number of hydrogen-bond donors (Lipinski definition) is 15. The van der Waals surface area contributed by atoms with Gasteiger partial charge in [0.2, 0.25) is 53.2 Å². The van der Waals surface area contributed by atoms with Gasteiger partial charge in [0.25, 0.3) is 0 Å². The summed E-state index contributed by atoms with van der Waals surface area (Å²) in [5.41, 5.74) is 30.1. The molecule has 466 valence electrons. The molecule has 9 amide bonds. The number of nitrogens with two attached hydrogens (primary N) is 5. The van der Waals surface area contributed by atoms with Crippen molar-refractivity contribution in [3.8, 4) is 0 Å². The van der Waals surface area contributed by atoms with Crippen molar-refractivity contribution < 1.29 is 53.1 Å². The molecule has 0 aliphatic heterocycles. The van der Waals surface area contributed by atoms with Gasteiger partial charge in [0, 0.05) is 0 Å². The molecule has 0 spiro atoms. The molecule has 20 N–H and O–H groups in total. The lowest BCUT2D eigenvalue weighted by Gasteiger charge is -2.28. The highest BCUT2D eigenvalue weighted by atomic mass is 16.4. The SMILES string of the molecule is CC(C)C[C@H](NC(=O)[C@H](CC(C)C)NC(=O)[C@H](CCCCN)NC(=O)[C@H](CCCCN)NC(=O)[C@H](C)NC(=O)[C@H](CC(C)C)NC(=O)[C@H](CCCCN)NC(=O)[C@H](CCCCN)NC(=O)[C@H](C)NC(=O)[C@@H](N)Cc1ccccc1)C(=O)O. The molecule has 1 aromatic rings. The molecule has 0 fully saturated rings. The van der Waals surface area contributed by atoms with Crippen molar-refractivity contribution >= 4 is 59.1 Å². The topological polar surface area (TPSA) is 429 Å². The zero-order valence-corrected chi connectivity index (χ0v) is 50.0. The fourth-order valence-electron chi connectivity index (χ4n) is 8.83. The van der Waals surface area contributed by atoms with E-state index in [0.717, 1.165) is 5.56 Å². The summed E-state index contributed by atoms with van der Waals surface area (Å²) in [4.78, 5) is 136. The van der Waals surface area contributed by atoms with Crippen LogP contribution in [0.15, 0.2) is 30.3 Å². The summed E-state index contributed by atoms with van der Waals surface area (Å²) in [7, 11) is 0. The van der Waals surface area contributed by atoms with E-state index < -0.39 is 120 Å². The van der Waals surface area contributed by atoms with Crippen LogP contribution in [0.2, 0.25) is 0 Å². The number of carboxylic acids is 1. The van der Waals surface area contributed by atoms with Gasteiger partial charge in [-0.2, -0.15) is 0 Å². The van der Waals surface area contributed by atoms with Crippen molar-refractivity contribution in [2.75, 3.05) is 26.2 Å². The van der Waals surface area contributed by atoms with Crippen LogP contribution in [0.25, 0.3) is 0 Å². The van der Waals surface area contributed by atoms with Gasteiger partial charge < -0.3 is 81.6 Å². The number of carbonyl (C=O) groups excluding carboxylic acids is 9. The summed E-state index contributed by atoms with van der Waals surface area (Å²) in [6, 6.07) is -2.46. The van der Waals surface area contributed by atoms with Crippen molar-refractivity contribution in [3.05, 3.63) is 35.9 Å². The average Bonchev–Trinajstić information content (AvgIpc) is 3.41. The minimum Gasteiger partial charge on any atom is -0.480 e. The normalized spacial score (nSPS) is 15.0. The lowest BCUT2D eigenvalue weighted by molar-refractivity contribution is -0.143. The fourth-order valence-corrected chi connectivity index (χ4v) is 8.83. The van der Waals surface area contributed by atoms with Gasteiger partial charge in [0.05, 0.1) is 6.04 Å². The fraction of sp³-hybridized carbons (Fsp3) is 0.719. The summed E-state index contributed by atoms with van der Waals surface area (Å²) in [5.74, 6) is -7.76. The second-order valence-corrected chi connectivity index (χ2v) is 22.5. The van der Waals surface area contributed by atoms with Crippen molar-refractivity contribution in [2.24, 2.45) is 46.4 Å². The predicted octanol–water partition coefficient (Wildman–Crippen LogP) is -0.302. The van der Waals surface area contributed by atoms with E-state index in [9.17, 15) is 53.1 Å². The first-order valence-corrected chi connectivity index (χ1v) is 29.3. The van der Waals surface area contributed by atoms with Gasteiger partial charge in [-0.05, 0) is 166 Å². The number of carbonyl (C=O) groups is 10. The summed E-state index contributed by atoms with van der Waals surface area (Å²) in [6.07, 6.45) is 4.82. The molecule has 82 heavy (non-hydrogen) atoms. The highest BCUT2D eigenvalue weighted by molar-refractivity contribution is 5.98. The third kappa shape index (κ3) is 30.1.